The Morgan fingerprint density at radius 2 is 1.90 bits per heavy atom. The molecule has 0 unspecified atom stereocenters. The van der Waals surface area contributed by atoms with Crippen molar-refractivity contribution >= 4 is 45.0 Å². The van der Waals surface area contributed by atoms with Gasteiger partial charge in [0.05, 0.1) is 23.8 Å². The zero-order valence-electron chi connectivity index (χ0n) is 12.2. The lowest BCUT2D eigenvalue weighted by atomic mass is 10.3. The minimum absolute atomic E-state index is 0.0845. The fourth-order valence-electron chi connectivity index (χ4n) is 1.69. The maximum Gasteiger partial charge on any atom is 0.238 e. The number of nitrogens with one attached hydrogen (secondary N) is 2. The van der Waals surface area contributed by atoms with Crippen molar-refractivity contribution in [3.63, 3.8) is 0 Å². The van der Waals surface area contributed by atoms with Gasteiger partial charge in [0, 0.05) is 10.5 Å². The van der Waals surface area contributed by atoms with Crippen LogP contribution in [0.5, 0.6) is 0 Å². The number of carbonyl (C=O) groups excluding carboxylic acids is 2. The summed E-state index contributed by atoms with van der Waals surface area (Å²) in [4.78, 5) is 25.1. The van der Waals surface area contributed by atoms with Crippen LogP contribution in [0.1, 0.15) is 13.8 Å². The lowest BCUT2D eigenvalue weighted by molar-refractivity contribution is -0.123. The summed E-state index contributed by atoms with van der Waals surface area (Å²) in [6.45, 7) is 4.05. The van der Waals surface area contributed by atoms with E-state index in [2.05, 4.69) is 26.6 Å². The van der Waals surface area contributed by atoms with E-state index < -0.39 is 0 Å². The van der Waals surface area contributed by atoms with Crippen LogP contribution in [0.3, 0.4) is 0 Å². The molecule has 5 nitrogen and oxygen atoms in total. The van der Waals surface area contributed by atoms with Gasteiger partial charge in [0.2, 0.25) is 11.8 Å². The van der Waals surface area contributed by atoms with Crippen LogP contribution < -0.4 is 10.6 Å². The molecule has 1 rings (SSSR count). The molecule has 2 N–H and O–H groups in total. The molecule has 0 aliphatic rings. The second kappa shape index (κ2) is 8.36. The summed E-state index contributed by atoms with van der Waals surface area (Å²) < 4.78 is 0.841. The number of hydrogen-bond acceptors (Lipinski definition) is 3. The Labute approximate surface area is 138 Å². The van der Waals surface area contributed by atoms with Crippen LogP contribution in [0.4, 0.5) is 5.69 Å². The summed E-state index contributed by atoms with van der Waals surface area (Å²) in [6.07, 6.45) is 0. The van der Waals surface area contributed by atoms with Crippen molar-refractivity contribution in [2.45, 2.75) is 19.9 Å². The molecule has 0 bridgehead atoms. The van der Waals surface area contributed by atoms with Gasteiger partial charge in [-0.25, -0.2) is 0 Å². The second-order valence-electron chi connectivity index (χ2n) is 5.07. The molecule has 0 heterocycles. The largest absolute Gasteiger partial charge is 0.353 e. The number of amides is 2. The molecule has 21 heavy (non-hydrogen) atoms. The molecule has 0 atom stereocenters. The van der Waals surface area contributed by atoms with Gasteiger partial charge in [-0.1, -0.05) is 27.5 Å². The quantitative estimate of drug-likeness (QED) is 0.802. The predicted molar refractivity (Wildman–Crippen MR) is 88.6 cm³/mol. The van der Waals surface area contributed by atoms with Crippen LogP contribution in [-0.2, 0) is 9.59 Å². The fraction of sp³-hybridized carbons (Fsp3) is 0.429. The van der Waals surface area contributed by atoms with Gasteiger partial charge in [0.1, 0.15) is 0 Å². The Hall–Kier alpha value is -1.11. The SMILES string of the molecule is CC(C)NC(=O)CN(C)CC(=O)Nc1ccc(Br)cc1Cl. The molecule has 116 valence electrons. The molecule has 0 aliphatic carbocycles. The lowest BCUT2D eigenvalue weighted by Crippen LogP contribution is -2.41. The van der Waals surface area contributed by atoms with Crippen LogP contribution in [0.2, 0.25) is 5.02 Å². The Bertz CT molecular complexity index is 523. The highest BCUT2D eigenvalue weighted by molar-refractivity contribution is 9.10. The minimum Gasteiger partial charge on any atom is -0.353 e. The first-order chi connectivity index (χ1) is 9.77. The molecule has 0 spiro atoms. The molecular weight excluding hydrogens is 358 g/mol. The molecule has 7 heteroatoms. The third-order valence-corrected chi connectivity index (χ3v) is 3.29. The highest BCUT2D eigenvalue weighted by Crippen LogP contribution is 2.25. The van der Waals surface area contributed by atoms with Gasteiger partial charge in [-0.2, -0.15) is 0 Å². The first-order valence-electron chi connectivity index (χ1n) is 6.50. The van der Waals surface area contributed by atoms with Gasteiger partial charge < -0.3 is 10.6 Å². The van der Waals surface area contributed by atoms with E-state index in [9.17, 15) is 9.59 Å². The van der Waals surface area contributed by atoms with Crippen LogP contribution >= 0.6 is 27.5 Å². The van der Waals surface area contributed by atoms with Crippen LogP contribution in [0, 0.1) is 0 Å². The van der Waals surface area contributed by atoms with E-state index in [-0.39, 0.29) is 30.9 Å². The van der Waals surface area contributed by atoms with Gasteiger partial charge in [-0.15, -0.1) is 0 Å². The first kappa shape index (κ1) is 17.9. The zero-order chi connectivity index (χ0) is 16.0. The van der Waals surface area contributed by atoms with E-state index in [0.717, 1.165) is 4.47 Å². The van der Waals surface area contributed by atoms with E-state index in [0.29, 0.717) is 10.7 Å². The molecule has 0 saturated carbocycles. The number of benzene rings is 1. The topological polar surface area (TPSA) is 61.4 Å². The summed E-state index contributed by atoms with van der Waals surface area (Å²) in [7, 11) is 1.71. The molecule has 0 aliphatic heterocycles. The van der Waals surface area contributed by atoms with Crippen molar-refractivity contribution in [3.05, 3.63) is 27.7 Å². The van der Waals surface area contributed by atoms with Crippen molar-refractivity contribution in [2.75, 3.05) is 25.5 Å². The number of carbonyl (C=O) groups is 2. The Kier molecular flexibility index (Phi) is 7.14. The molecule has 0 saturated heterocycles. The van der Waals surface area contributed by atoms with Crippen molar-refractivity contribution in [3.8, 4) is 0 Å². The van der Waals surface area contributed by atoms with Gasteiger partial charge >= 0.3 is 0 Å². The summed E-state index contributed by atoms with van der Waals surface area (Å²) >= 11 is 9.33. The third-order valence-electron chi connectivity index (χ3n) is 2.48. The standard InChI is InChI=1S/C14H19BrClN3O2/c1-9(2)17-13(20)7-19(3)8-14(21)18-12-5-4-10(15)6-11(12)16/h4-6,9H,7-8H2,1-3H3,(H,17,20)(H,18,21). The van der Waals surface area contributed by atoms with Crippen molar-refractivity contribution in [1.29, 1.82) is 0 Å². The zero-order valence-corrected chi connectivity index (χ0v) is 14.6. The summed E-state index contributed by atoms with van der Waals surface area (Å²) in [5.74, 6) is -0.332. The lowest BCUT2D eigenvalue weighted by Gasteiger charge is -2.17. The van der Waals surface area contributed by atoms with Crippen molar-refractivity contribution in [2.24, 2.45) is 0 Å². The van der Waals surface area contributed by atoms with Crippen LogP contribution in [0.25, 0.3) is 0 Å². The first-order valence-corrected chi connectivity index (χ1v) is 7.68. The number of hydrogen-bond donors (Lipinski definition) is 2. The third kappa shape index (κ3) is 6.93. The van der Waals surface area contributed by atoms with E-state index >= 15 is 0 Å². The smallest absolute Gasteiger partial charge is 0.238 e. The summed E-state index contributed by atoms with van der Waals surface area (Å²) in [5.41, 5.74) is 0.546. The van der Waals surface area contributed by atoms with Crippen molar-refractivity contribution in [1.82, 2.24) is 10.2 Å². The Morgan fingerprint density at radius 1 is 1.29 bits per heavy atom. The van der Waals surface area contributed by atoms with E-state index in [1.165, 1.54) is 0 Å². The van der Waals surface area contributed by atoms with E-state index in [1.807, 2.05) is 13.8 Å². The maximum absolute atomic E-state index is 11.9. The van der Waals surface area contributed by atoms with Gasteiger partial charge in [-0.3, -0.25) is 14.5 Å². The number of nitrogens with zero attached hydrogens (tertiary/aromatic N) is 1. The summed E-state index contributed by atoms with van der Waals surface area (Å²) in [5, 5.41) is 5.95. The Morgan fingerprint density at radius 3 is 2.48 bits per heavy atom. The normalized spacial score (nSPS) is 10.8. The molecule has 0 radical (unpaired) electrons. The molecule has 2 amide bonds. The van der Waals surface area contributed by atoms with Gasteiger partial charge in [-0.05, 0) is 39.1 Å². The number of halogens is 2. The molecular formula is C14H19BrClN3O2. The Balaban J connectivity index is 2.47. The number of anilines is 1. The van der Waals surface area contributed by atoms with E-state index in [1.54, 1.807) is 30.1 Å². The number of rotatable bonds is 6. The van der Waals surface area contributed by atoms with E-state index in [4.69, 9.17) is 11.6 Å². The second-order valence-corrected chi connectivity index (χ2v) is 6.39. The monoisotopic (exact) mass is 375 g/mol. The minimum atomic E-state index is -0.223. The van der Waals surface area contributed by atoms with Crippen molar-refractivity contribution < 1.29 is 9.59 Å². The molecule has 0 fully saturated rings. The predicted octanol–water partition coefficient (Wildman–Crippen LogP) is 2.50. The fourth-order valence-corrected chi connectivity index (χ4v) is 2.42. The molecule has 0 aromatic heterocycles. The molecule has 1 aromatic carbocycles. The highest BCUT2D eigenvalue weighted by atomic mass is 79.9. The van der Waals surface area contributed by atoms with Gasteiger partial charge in [0.25, 0.3) is 0 Å². The average Bonchev–Trinajstić information content (AvgIpc) is 2.31. The summed E-state index contributed by atoms with van der Waals surface area (Å²) in [6, 6.07) is 5.30. The van der Waals surface area contributed by atoms with Gasteiger partial charge in [0.15, 0.2) is 0 Å². The molecule has 1 aromatic rings. The average molecular weight is 377 g/mol. The van der Waals surface area contributed by atoms with Crippen LogP contribution in [-0.4, -0.2) is 42.9 Å². The number of likely N-dealkylation sites (N-methyl/N-ethyl adjacent to an activating group) is 1. The maximum atomic E-state index is 11.9. The highest BCUT2D eigenvalue weighted by Gasteiger charge is 2.12. The van der Waals surface area contributed by atoms with Crippen LogP contribution in [0.15, 0.2) is 22.7 Å².